The molecule has 0 saturated heterocycles. The molecule has 2 atom stereocenters. The van der Waals surface area contributed by atoms with E-state index >= 15 is 0 Å². The standard InChI is InChI=1S/C28H35FN6O6S/c1-6-35(7-2)27-30-17-24(31-18(3)42(39,40)22-14-10-20(29)11-15-22)25(33-27)32-23(26(36)37)16-19-8-12-21(13-9-19)41-28(38)34(4)5/h8-15,17-18,23,31H,6-7,16H2,1-5H3,(H,36,37)(H,30,32,33). The molecule has 1 aromatic heterocycles. The first-order chi connectivity index (χ1) is 19.8. The lowest BCUT2D eigenvalue weighted by atomic mass is 10.1. The number of benzene rings is 2. The minimum absolute atomic E-state index is 0.0325. The largest absolute Gasteiger partial charge is 0.480 e. The summed E-state index contributed by atoms with van der Waals surface area (Å²) < 4.78 is 44.9. The lowest BCUT2D eigenvalue weighted by Gasteiger charge is -2.24. The van der Waals surface area contributed by atoms with Gasteiger partial charge < -0.3 is 30.3 Å². The van der Waals surface area contributed by atoms with Gasteiger partial charge >= 0.3 is 12.1 Å². The SMILES string of the molecule is CCN(CC)c1ncc(NC(C)S(=O)(=O)c2ccc(F)cc2)c(NC(Cc2ccc(OC(=O)N(C)C)cc2)C(=O)O)n1. The first kappa shape index (κ1) is 32.1. The van der Waals surface area contributed by atoms with Crippen LogP contribution in [0.15, 0.2) is 59.6 Å². The van der Waals surface area contributed by atoms with Crippen molar-refractivity contribution in [2.24, 2.45) is 0 Å². The molecule has 2 aromatic carbocycles. The van der Waals surface area contributed by atoms with Gasteiger partial charge in [-0.1, -0.05) is 12.1 Å². The first-order valence-corrected chi connectivity index (χ1v) is 14.8. The maximum absolute atomic E-state index is 13.4. The number of halogens is 1. The second-order valence-electron chi connectivity index (χ2n) is 9.54. The predicted molar refractivity (Wildman–Crippen MR) is 157 cm³/mol. The highest BCUT2D eigenvalue weighted by Gasteiger charge is 2.27. The Morgan fingerprint density at radius 2 is 1.64 bits per heavy atom. The molecule has 12 nitrogen and oxygen atoms in total. The Bertz CT molecular complexity index is 1480. The van der Waals surface area contributed by atoms with E-state index in [9.17, 15) is 27.5 Å². The number of sulfone groups is 1. The van der Waals surface area contributed by atoms with E-state index in [0.717, 1.165) is 12.1 Å². The Hall–Kier alpha value is -4.46. The van der Waals surface area contributed by atoms with Gasteiger partial charge in [-0.3, -0.25) is 0 Å². The van der Waals surface area contributed by atoms with Gasteiger partial charge in [0.05, 0.1) is 16.8 Å². The number of hydrogen-bond acceptors (Lipinski definition) is 10. The molecule has 0 bridgehead atoms. The van der Waals surface area contributed by atoms with Crippen molar-refractivity contribution < 1.29 is 32.2 Å². The fourth-order valence-corrected chi connectivity index (χ4v) is 5.06. The average Bonchev–Trinajstić information content (AvgIpc) is 2.95. The van der Waals surface area contributed by atoms with Crippen molar-refractivity contribution in [3.05, 3.63) is 66.1 Å². The molecule has 3 aromatic rings. The number of anilines is 3. The zero-order valence-corrected chi connectivity index (χ0v) is 24.9. The van der Waals surface area contributed by atoms with Crippen molar-refractivity contribution in [3.63, 3.8) is 0 Å². The summed E-state index contributed by atoms with van der Waals surface area (Å²) in [5.74, 6) is -1.00. The summed E-state index contributed by atoms with van der Waals surface area (Å²) in [5, 5.41) is 14.7. The summed E-state index contributed by atoms with van der Waals surface area (Å²) in [6.45, 7) is 6.43. The molecule has 0 spiro atoms. The Morgan fingerprint density at radius 1 is 1.02 bits per heavy atom. The van der Waals surface area contributed by atoms with Crippen molar-refractivity contribution in [2.75, 3.05) is 42.7 Å². The van der Waals surface area contributed by atoms with Crippen LogP contribution in [0.1, 0.15) is 26.3 Å². The summed E-state index contributed by atoms with van der Waals surface area (Å²) >= 11 is 0. The van der Waals surface area contributed by atoms with Gasteiger partial charge in [0.1, 0.15) is 23.0 Å². The van der Waals surface area contributed by atoms with E-state index in [2.05, 4.69) is 20.6 Å². The third kappa shape index (κ3) is 8.06. The molecule has 0 fully saturated rings. The quantitative estimate of drug-likeness (QED) is 0.244. The molecule has 226 valence electrons. The van der Waals surface area contributed by atoms with Crippen molar-refractivity contribution in [1.82, 2.24) is 14.9 Å². The van der Waals surface area contributed by atoms with Gasteiger partial charge in [-0.05, 0) is 62.7 Å². The van der Waals surface area contributed by atoms with E-state index < -0.39 is 39.1 Å². The van der Waals surface area contributed by atoms with E-state index in [1.165, 1.54) is 30.2 Å². The van der Waals surface area contributed by atoms with Crippen LogP contribution >= 0.6 is 0 Å². The molecule has 0 radical (unpaired) electrons. The Morgan fingerprint density at radius 3 is 2.19 bits per heavy atom. The maximum atomic E-state index is 13.4. The molecular weight excluding hydrogens is 567 g/mol. The Balaban J connectivity index is 1.90. The second kappa shape index (κ2) is 13.9. The van der Waals surface area contributed by atoms with E-state index in [1.807, 2.05) is 18.7 Å². The van der Waals surface area contributed by atoms with Crippen LogP contribution in [0.4, 0.5) is 26.6 Å². The normalized spacial score (nSPS) is 12.6. The van der Waals surface area contributed by atoms with Gasteiger partial charge in [0.15, 0.2) is 15.7 Å². The van der Waals surface area contributed by atoms with Crippen LogP contribution in [0.5, 0.6) is 5.75 Å². The second-order valence-corrected chi connectivity index (χ2v) is 11.8. The number of nitrogens with one attached hydrogen (secondary N) is 2. The fraction of sp³-hybridized carbons (Fsp3) is 0.357. The molecule has 1 heterocycles. The van der Waals surface area contributed by atoms with Gasteiger partial charge in [0, 0.05) is 33.6 Å². The zero-order chi connectivity index (χ0) is 31.0. The number of amides is 1. The number of hydrogen-bond donors (Lipinski definition) is 3. The van der Waals surface area contributed by atoms with Crippen molar-refractivity contribution >= 4 is 39.4 Å². The van der Waals surface area contributed by atoms with Crippen LogP contribution in [0, 0.1) is 5.82 Å². The lowest BCUT2D eigenvalue weighted by Crippen LogP contribution is -2.34. The van der Waals surface area contributed by atoms with Crippen molar-refractivity contribution in [2.45, 2.75) is 43.5 Å². The van der Waals surface area contributed by atoms with E-state index in [-0.39, 0.29) is 22.8 Å². The maximum Gasteiger partial charge on any atom is 0.414 e. The highest BCUT2D eigenvalue weighted by molar-refractivity contribution is 7.92. The van der Waals surface area contributed by atoms with Gasteiger partial charge in [0.2, 0.25) is 5.95 Å². The average molecular weight is 603 g/mol. The molecule has 0 saturated carbocycles. The molecule has 42 heavy (non-hydrogen) atoms. The fourth-order valence-electron chi connectivity index (χ4n) is 3.86. The first-order valence-electron chi connectivity index (χ1n) is 13.2. The summed E-state index contributed by atoms with van der Waals surface area (Å²) in [7, 11) is -0.832. The molecule has 0 aliphatic carbocycles. The summed E-state index contributed by atoms with van der Waals surface area (Å²) in [6.07, 6.45) is 0.883. The van der Waals surface area contributed by atoms with Gasteiger partial charge in [-0.15, -0.1) is 0 Å². The number of carboxylic acids is 1. The number of ether oxygens (including phenoxy) is 1. The summed E-state index contributed by atoms with van der Waals surface area (Å²) in [5.41, 5.74) is 0.806. The molecule has 3 N–H and O–H groups in total. The Labute approximate surface area is 244 Å². The third-order valence-corrected chi connectivity index (χ3v) is 8.31. The van der Waals surface area contributed by atoms with E-state index in [4.69, 9.17) is 4.74 Å². The number of carbonyl (C=O) groups excluding carboxylic acids is 1. The van der Waals surface area contributed by atoms with Gasteiger partial charge in [-0.25, -0.2) is 27.4 Å². The highest BCUT2D eigenvalue weighted by Crippen LogP contribution is 2.27. The molecule has 0 aliphatic rings. The molecule has 3 rings (SSSR count). The molecule has 1 amide bonds. The van der Waals surface area contributed by atoms with Crippen LogP contribution in [0.2, 0.25) is 0 Å². The topological polar surface area (TPSA) is 154 Å². The number of carbonyl (C=O) groups is 2. The lowest BCUT2D eigenvalue weighted by molar-refractivity contribution is -0.137. The number of aromatic nitrogens is 2. The third-order valence-electron chi connectivity index (χ3n) is 6.33. The Kier molecular flexibility index (Phi) is 10.6. The minimum atomic E-state index is -3.94. The predicted octanol–water partition coefficient (Wildman–Crippen LogP) is 3.86. The summed E-state index contributed by atoms with van der Waals surface area (Å²) in [4.78, 5) is 36.0. The molecule has 2 unspecified atom stereocenters. The smallest absolute Gasteiger partial charge is 0.414 e. The van der Waals surface area contributed by atoms with Gasteiger partial charge in [0.25, 0.3) is 0 Å². The van der Waals surface area contributed by atoms with Crippen LogP contribution in [0.25, 0.3) is 0 Å². The number of carboxylic acid groups (broad SMARTS) is 1. The monoisotopic (exact) mass is 602 g/mol. The molecule has 14 heteroatoms. The van der Waals surface area contributed by atoms with Crippen LogP contribution in [-0.4, -0.2) is 79.1 Å². The highest BCUT2D eigenvalue weighted by atomic mass is 32.2. The number of nitrogens with zero attached hydrogens (tertiary/aromatic N) is 4. The van der Waals surface area contributed by atoms with Crippen molar-refractivity contribution in [3.8, 4) is 5.75 Å². The summed E-state index contributed by atoms with van der Waals surface area (Å²) in [6, 6.07) is 9.73. The van der Waals surface area contributed by atoms with E-state index in [1.54, 1.807) is 38.4 Å². The number of rotatable bonds is 13. The van der Waals surface area contributed by atoms with Crippen molar-refractivity contribution in [1.29, 1.82) is 0 Å². The van der Waals surface area contributed by atoms with Gasteiger partial charge in [-0.2, -0.15) is 4.98 Å². The van der Waals surface area contributed by atoms with Crippen LogP contribution < -0.4 is 20.3 Å². The minimum Gasteiger partial charge on any atom is -0.480 e. The zero-order valence-electron chi connectivity index (χ0n) is 24.0. The molecule has 0 aliphatic heterocycles. The number of aliphatic carboxylic acids is 1. The molecular formula is C28H35FN6O6S. The van der Waals surface area contributed by atoms with E-state index in [0.29, 0.717) is 30.4 Å². The van der Waals surface area contributed by atoms with Crippen LogP contribution in [-0.2, 0) is 21.1 Å². The van der Waals surface area contributed by atoms with Crippen LogP contribution in [0.3, 0.4) is 0 Å².